The van der Waals surface area contributed by atoms with E-state index in [1.807, 2.05) is 22.5 Å². The van der Waals surface area contributed by atoms with Crippen molar-refractivity contribution in [2.75, 3.05) is 36.9 Å². The van der Waals surface area contributed by atoms with E-state index < -0.39 is 0 Å². The number of rotatable bonds is 4. The number of nitrogens with two attached hydrogens (primary N) is 1. The maximum atomic E-state index is 13.3. The van der Waals surface area contributed by atoms with E-state index in [1.165, 1.54) is 6.42 Å². The summed E-state index contributed by atoms with van der Waals surface area (Å²) in [6.45, 7) is 7.48. The maximum Gasteiger partial charge on any atom is 0.264 e. The minimum atomic E-state index is -0.0926. The average molecular weight is 412 g/mol. The van der Waals surface area contributed by atoms with E-state index in [0.717, 1.165) is 43.0 Å². The van der Waals surface area contributed by atoms with Crippen LogP contribution in [0.25, 0.3) is 22.2 Å². The number of fused-ring (bicyclic) bond motifs is 1. The van der Waals surface area contributed by atoms with Gasteiger partial charge in [-0.15, -0.1) is 0 Å². The van der Waals surface area contributed by atoms with Gasteiger partial charge in [0.05, 0.1) is 24.4 Å². The lowest BCUT2D eigenvalue weighted by Crippen LogP contribution is -2.38. The van der Waals surface area contributed by atoms with Gasteiger partial charge in [0.15, 0.2) is 5.82 Å². The molecule has 2 aliphatic rings. The highest BCUT2D eigenvalue weighted by molar-refractivity contribution is 5.97. The Labute approximate surface area is 174 Å². The van der Waals surface area contributed by atoms with Gasteiger partial charge in [0.1, 0.15) is 11.2 Å². The highest BCUT2D eigenvalue weighted by atomic mass is 16.5. The Kier molecular flexibility index (Phi) is 4.39. The molecule has 0 radical (unpaired) electrons. The molecule has 4 heterocycles. The zero-order chi connectivity index (χ0) is 21.0. The summed E-state index contributed by atoms with van der Waals surface area (Å²) in [5.74, 6) is 1.27. The summed E-state index contributed by atoms with van der Waals surface area (Å²) >= 11 is 0. The molecule has 2 fully saturated rings. The van der Waals surface area contributed by atoms with Crippen LogP contribution >= 0.6 is 0 Å². The molecule has 3 aromatic heterocycles. The summed E-state index contributed by atoms with van der Waals surface area (Å²) in [6.07, 6.45) is 5.39. The normalized spacial score (nSPS) is 19.8. The third kappa shape index (κ3) is 2.83. The van der Waals surface area contributed by atoms with Gasteiger partial charge in [0.25, 0.3) is 5.56 Å². The molecule has 0 bridgehead atoms. The van der Waals surface area contributed by atoms with Gasteiger partial charge in [-0.25, -0.2) is 0 Å². The highest BCUT2D eigenvalue weighted by Gasteiger charge is 2.39. The molecule has 1 saturated heterocycles. The van der Waals surface area contributed by atoms with Crippen molar-refractivity contribution in [2.24, 2.45) is 12.5 Å². The van der Waals surface area contributed by atoms with Crippen LogP contribution in [-0.4, -0.2) is 50.8 Å². The van der Waals surface area contributed by atoms with Crippen LogP contribution in [0, 0.1) is 5.41 Å². The van der Waals surface area contributed by atoms with Crippen LogP contribution in [0.3, 0.4) is 0 Å². The second-order valence-electron chi connectivity index (χ2n) is 8.91. The molecule has 1 unspecified atom stereocenters. The van der Waals surface area contributed by atoms with Crippen LogP contribution in [0.15, 0.2) is 17.1 Å². The third-order valence-electron chi connectivity index (χ3n) is 7.17. The van der Waals surface area contributed by atoms with Gasteiger partial charge in [-0.2, -0.15) is 10.2 Å². The number of aromatic nitrogens is 5. The number of morpholine rings is 1. The maximum absolute atomic E-state index is 13.3. The largest absolute Gasteiger partial charge is 0.382 e. The number of nitrogen functional groups attached to an aromatic ring is 1. The zero-order valence-corrected chi connectivity index (χ0v) is 17.8. The smallest absolute Gasteiger partial charge is 0.264 e. The minimum absolute atomic E-state index is 0.0682. The van der Waals surface area contributed by atoms with Gasteiger partial charge >= 0.3 is 0 Å². The number of ether oxygens (including phenoxy) is 1. The van der Waals surface area contributed by atoms with Gasteiger partial charge < -0.3 is 19.9 Å². The molecule has 3 N–H and O–H groups in total. The first-order valence-electron chi connectivity index (χ1n) is 10.6. The molecule has 1 aliphatic carbocycles. The van der Waals surface area contributed by atoms with E-state index >= 15 is 0 Å². The van der Waals surface area contributed by atoms with E-state index in [1.54, 1.807) is 0 Å². The van der Waals surface area contributed by atoms with Gasteiger partial charge in [0, 0.05) is 44.0 Å². The van der Waals surface area contributed by atoms with Crippen molar-refractivity contribution >= 4 is 22.5 Å². The van der Waals surface area contributed by atoms with Crippen molar-refractivity contribution in [3.05, 3.63) is 22.6 Å². The van der Waals surface area contributed by atoms with Gasteiger partial charge in [-0.3, -0.25) is 14.6 Å². The molecule has 30 heavy (non-hydrogen) atoms. The summed E-state index contributed by atoms with van der Waals surface area (Å²) < 4.78 is 9.21. The van der Waals surface area contributed by atoms with Crippen LogP contribution in [0.1, 0.15) is 39.2 Å². The number of H-pyrrole nitrogens is 1. The van der Waals surface area contributed by atoms with E-state index in [4.69, 9.17) is 15.6 Å². The number of nitrogens with one attached hydrogen (secondary N) is 1. The predicted octanol–water partition coefficient (Wildman–Crippen LogP) is 2.30. The Bertz CT molecular complexity index is 1150. The van der Waals surface area contributed by atoms with E-state index in [-0.39, 0.29) is 22.8 Å². The van der Waals surface area contributed by atoms with Crippen molar-refractivity contribution in [3.8, 4) is 11.3 Å². The second kappa shape index (κ2) is 6.87. The first-order chi connectivity index (χ1) is 14.4. The molecule has 1 saturated carbocycles. The van der Waals surface area contributed by atoms with Crippen molar-refractivity contribution in [1.82, 2.24) is 24.5 Å². The van der Waals surface area contributed by atoms with Crippen molar-refractivity contribution in [1.29, 1.82) is 0 Å². The summed E-state index contributed by atoms with van der Waals surface area (Å²) in [5.41, 5.74) is 8.42. The van der Waals surface area contributed by atoms with Crippen LogP contribution in [0.2, 0.25) is 0 Å². The van der Waals surface area contributed by atoms with Gasteiger partial charge in [-0.05, 0) is 25.2 Å². The summed E-state index contributed by atoms with van der Waals surface area (Å²) in [7, 11) is 1.95. The summed E-state index contributed by atoms with van der Waals surface area (Å²) in [5, 5.41) is 12.3. The topological polar surface area (TPSA) is 107 Å². The fraction of sp³-hybridized carbons (Fsp3) is 0.571. The monoisotopic (exact) mass is 411 g/mol. The molecule has 1 aliphatic heterocycles. The molecule has 0 spiro atoms. The van der Waals surface area contributed by atoms with Crippen LogP contribution in [-0.2, 0) is 11.8 Å². The molecule has 3 aromatic rings. The van der Waals surface area contributed by atoms with Crippen LogP contribution in [0.4, 0.5) is 11.6 Å². The third-order valence-corrected chi connectivity index (χ3v) is 7.17. The first kappa shape index (κ1) is 19.2. The highest BCUT2D eigenvalue weighted by Crippen LogP contribution is 2.48. The molecule has 160 valence electrons. The molecule has 5 rings (SSSR count). The fourth-order valence-electron chi connectivity index (χ4n) is 4.81. The van der Waals surface area contributed by atoms with Crippen molar-refractivity contribution in [2.45, 2.75) is 39.2 Å². The van der Waals surface area contributed by atoms with E-state index in [2.05, 4.69) is 35.0 Å². The van der Waals surface area contributed by atoms with Crippen LogP contribution < -0.4 is 16.2 Å². The van der Waals surface area contributed by atoms with Gasteiger partial charge in [0.2, 0.25) is 0 Å². The molecular formula is C21H29N7O2. The van der Waals surface area contributed by atoms with E-state index in [0.29, 0.717) is 24.1 Å². The molecular weight excluding hydrogens is 382 g/mol. The second-order valence-corrected chi connectivity index (χ2v) is 8.91. The Morgan fingerprint density at radius 3 is 2.70 bits per heavy atom. The molecule has 1 atom stereocenters. The number of anilines is 2. The Morgan fingerprint density at radius 1 is 1.30 bits per heavy atom. The average Bonchev–Trinajstić information content (AvgIpc) is 3.30. The lowest BCUT2D eigenvalue weighted by molar-refractivity contribution is 0.0867. The number of aryl methyl sites for hydroxylation is 1. The van der Waals surface area contributed by atoms with Crippen LogP contribution in [0.5, 0.6) is 0 Å². The number of pyridine rings is 1. The predicted molar refractivity (Wildman–Crippen MR) is 117 cm³/mol. The van der Waals surface area contributed by atoms with Crippen molar-refractivity contribution in [3.63, 3.8) is 0 Å². The molecule has 9 nitrogen and oxygen atoms in total. The number of aromatic amines is 1. The Morgan fingerprint density at radius 2 is 2.03 bits per heavy atom. The lowest BCUT2D eigenvalue weighted by Gasteiger charge is -2.44. The Balaban J connectivity index is 1.66. The van der Waals surface area contributed by atoms with Gasteiger partial charge in [-0.1, -0.05) is 13.3 Å². The number of hydrogen-bond donors (Lipinski definition) is 2. The SMILES string of the molecule is CC(n1cc(-c2cc(N3CCOCC3)n(C)n2)c2[nH]nc(N)c2c1=O)C1(C)CCC1. The molecule has 0 amide bonds. The van der Waals surface area contributed by atoms with E-state index in [9.17, 15) is 4.79 Å². The summed E-state index contributed by atoms with van der Waals surface area (Å²) in [4.78, 5) is 15.6. The standard InChI is InChI=1S/C21H29N7O2/c1-13(21(2)5-4-6-21)28-12-14(18-17(20(28)29)19(22)24-23-18)15-11-16(26(3)25-15)27-7-9-30-10-8-27/h11-13H,4-10H2,1-3H3,(H3,22,23,24). The minimum Gasteiger partial charge on any atom is -0.382 e. The molecule has 9 heteroatoms. The first-order valence-corrected chi connectivity index (χ1v) is 10.6. The number of hydrogen-bond acceptors (Lipinski definition) is 6. The van der Waals surface area contributed by atoms with Crippen molar-refractivity contribution < 1.29 is 4.74 Å². The summed E-state index contributed by atoms with van der Waals surface area (Å²) in [6, 6.07) is 2.14. The number of nitrogens with zero attached hydrogens (tertiary/aromatic N) is 5. The Hall–Kier alpha value is -2.81. The quantitative estimate of drug-likeness (QED) is 0.682. The lowest BCUT2D eigenvalue weighted by atomic mass is 9.66. The fourth-order valence-corrected chi connectivity index (χ4v) is 4.81. The zero-order valence-electron chi connectivity index (χ0n) is 17.8. The molecule has 0 aromatic carbocycles.